The number of para-hydroxylation sites is 4. The van der Waals surface area contributed by atoms with Crippen LogP contribution in [0.25, 0.3) is 100.0 Å². The number of anilines is 3. The van der Waals surface area contributed by atoms with Crippen LogP contribution in [0.15, 0.2) is 166 Å². The van der Waals surface area contributed by atoms with E-state index < -0.39 is 0 Å². The number of ether oxygens (including phenoxy) is 1. The van der Waals surface area contributed by atoms with Gasteiger partial charge in [0.1, 0.15) is 24.0 Å². The Labute approximate surface area is 358 Å². The Bertz CT molecular complexity index is 3660. The van der Waals surface area contributed by atoms with Gasteiger partial charge in [0.15, 0.2) is 17.1 Å². The molecule has 2 aliphatic rings. The van der Waals surface area contributed by atoms with Crippen molar-refractivity contribution in [3.63, 3.8) is 0 Å². The number of nitrogens with zero attached hydrogens (tertiary/aromatic N) is 8. The third-order valence-corrected chi connectivity index (χ3v) is 11.8. The average Bonchev–Trinajstić information content (AvgIpc) is 4.18. The van der Waals surface area contributed by atoms with Crippen molar-refractivity contribution in [1.29, 1.82) is 0 Å². The largest absolute Gasteiger partial charge is 0.453 e. The van der Waals surface area contributed by atoms with Crippen LogP contribution in [-0.2, 0) is 0 Å². The molecule has 11 aromatic rings. The van der Waals surface area contributed by atoms with Gasteiger partial charge in [-0.1, -0.05) is 65.8 Å². The Kier molecular flexibility index (Phi) is 7.73. The number of aliphatic imine (C=N–C) groups is 1. The predicted molar refractivity (Wildman–Crippen MR) is 245 cm³/mol. The summed E-state index contributed by atoms with van der Waals surface area (Å²) in [5, 5.41) is 12.9. The van der Waals surface area contributed by atoms with Crippen molar-refractivity contribution >= 4 is 67.1 Å². The second kappa shape index (κ2) is 13.9. The molecule has 0 saturated carbocycles. The zero-order valence-corrected chi connectivity index (χ0v) is 33.2. The van der Waals surface area contributed by atoms with Crippen LogP contribution >= 0.6 is 0 Å². The molecule has 0 unspecified atom stereocenters. The molecular weight excluding hydrogens is 787 g/mol. The van der Waals surface area contributed by atoms with Crippen LogP contribution in [0.3, 0.4) is 0 Å². The van der Waals surface area contributed by atoms with Crippen LogP contribution in [0.1, 0.15) is 0 Å². The lowest BCUT2D eigenvalue weighted by Crippen LogP contribution is -2.20. The summed E-state index contributed by atoms with van der Waals surface area (Å²) in [6.07, 6.45) is 8.47. The zero-order valence-electron chi connectivity index (χ0n) is 33.2. The maximum atomic E-state index is 6.66. The van der Waals surface area contributed by atoms with E-state index in [0.717, 1.165) is 83.0 Å². The fraction of sp³-hybridized carbons (Fsp3) is 0.0392. The first kappa shape index (κ1) is 35.0. The van der Waals surface area contributed by atoms with E-state index in [1.54, 1.807) is 24.9 Å². The third-order valence-electron chi connectivity index (χ3n) is 11.8. The fourth-order valence-electron chi connectivity index (χ4n) is 9.09. The summed E-state index contributed by atoms with van der Waals surface area (Å²) in [7, 11) is 0. The van der Waals surface area contributed by atoms with Crippen molar-refractivity contribution in [3.05, 3.63) is 152 Å². The first-order chi connectivity index (χ1) is 31.2. The molecule has 6 aromatic heterocycles. The normalized spacial score (nSPS) is 13.1. The van der Waals surface area contributed by atoms with E-state index in [1.165, 1.54) is 0 Å². The van der Waals surface area contributed by atoms with Gasteiger partial charge in [0.25, 0.3) is 0 Å². The van der Waals surface area contributed by atoms with Crippen molar-refractivity contribution in [2.75, 3.05) is 23.3 Å². The number of aromatic nitrogens is 6. The fourth-order valence-corrected chi connectivity index (χ4v) is 9.09. The lowest BCUT2D eigenvalue weighted by atomic mass is 9.81. The van der Waals surface area contributed by atoms with Crippen LogP contribution in [0.5, 0.6) is 11.5 Å². The van der Waals surface area contributed by atoms with E-state index in [1.807, 2.05) is 91.3 Å². The molecule has 63 heavy (non-hydrogen) atoms. The average molecular weight is 818 g/mol. The molecule has 0 amide bonds. The van der Waals surface area contributed by atoms with Crippen molar-refractivity contribution in [2.45, 2.75) is 0 Å². The van der Waals surface area contributed by atoms with Crippen LogP contribution in [0.2, 0.25) is 0 Å². The number of fused-ring (bicyclic) bond motifs is 7. The molecule has 0 atom stereocenters. The van der Waals surface area contributed by atoms with E-state index in [9.17, 15) is 0 Å². The predicted octanol–water partition coefficient (Wildman–Crippen LogP) is 11.9. The monoisotopic (exact) mass is 817 g/mol. The molecule has 0 radical (unpaired) electrons. The molecule has 1 N–H and O–H groups in total. The third kappa shape index (κ3) is 5.51. The molecule has 12 heteroatoms. The van der Waals surface area contributed by atoms with E-state index in [4.69, 9.17) is 33.6 Å². The van der Waals surface area contributed by atoms with Gasteiger partial charge in [-0.05, 0) is 66.0 Å². The van der Waals surface area contributed by atoms with Gasteiger partial charge in [0, 0.05) is 73.7 Å². The number of rotatable bonds is 6. The van der Waals surface area contributed by atoms with Gasteiger partial charge in [-0.25, -0.2) is 24.9 Å². The Morgan fingerprint density at radius 2 is 1.41 bits per heavy atom. The maximum Gasteiger partial charge on any atom is 0.226 e. The van der Waals surface area contributed by atoms with E-state index in [-0.39, 0.29) is 0 Å². The van der Waals surface area contributed by atoms with Crippen LogP contribution in [-0.4, -0.2) is 49.5 Å². The summed E-state index contributed by atoms with van der Waals surface area (Å²) in [4.78, 5) is 32.7. The standard InChI is InChI=1S/C51H31N9O3/c1-2-13-34-29(8-1)17-19-36(55-34)45-44(37-20-18-30-9-7-22-53-49(30)57-37)42(32-11-6-16-40-47(32)56-35-14-3-4-15-39(35)63-40)43-31-10-5-12-33(51-54-24-27-61-51)41(31)50(60-25-23-52-28-60)58-48(43)46(45)38-21-26-62-59-38/h1-22,24,26-28,56H,23,25H2. The van der Waals surface area contributed by atoms with Crippen LogP contribution in [0.4, 0.5) is 17.2 Å². The minimum atomic E-state index is 0.473. The van der Waals surface area contributed by atoms with Crippen molar-refractivity contribution in [1.82, 2.24) is 30.1 Å². The second-order valence-electron chi connectivity index (χ2n) is 15.4. The van der Waals surface area contributed by atoms with Crippen molar-refractivity contribution in [3.8, 4) is 67.9 Å². The highest BCUT2D eigenvalue weighted by molar-refractivity contribution is 6.28. The molecule has 0 aliphatic carbocycles. The number of pyridine rings is 4. The van der Waals surface area contributed by atoms with Gasteiger partial charge in [0.2, 0.25) is 5.89 Å². The lowest BCUT2D eigenvalue weighted by Gasteiger charge is -2.28. The number of oxazole rings is 1. The summed E-state index contributed by atoms with van der Waals surface area (Å²) in [5.74, 6) is 2.58. The topological polar surface area (TPSA) is 140 Å². The SMILES string of the molecule is C1=NCCN1c1nc2c(-c3ccon3)c(-c3ccc4ccccc4n3)c(-c3ccc4cccnc4n3)c(-c3cccc4c3Nc3ccccc3O4)c2c2cccc(-c3ncco3)c12. The molecule has 298 valence electrons. The number of nitrogens with one attached hydrogen (secondary N) is 1. The molecule has 0 spiro atoms. The zero-order chi connectivity index (χ0) is 41.4. The van der Waals surface area contributed by atoms with Gasteiger partial charge < -0.3 is 23.9 Å². The van der Waals surface area contributed by atoms with Gasteiger partial charge in [-0.15, -0.1) is 0 Å². The Balaban J connectivity index is 1.29. The van der Waals surface area contributed by atoms with Gasteiger partial charge in [0.05, 0.1) is 52.9 Å². The highest BCUT2D eigenvalue weighted by atomic mass is 16.5. The Morgan fingerprint density at radius 3 is 2.30 bits per heavy atom. The summed E-state index contributed by atoms with van der Waals surface area (Å²) >= 11 is 0. The summed E-state index contributed by atoms with van der Waals surface area (Å²) in [6.45, 7) is 1.26. The van der Waals surface area contributed by atoms with Crippen molar-refractivity contribution in [2.24, 2.45) is 4.99 Å². The molecule has 12 nitrogen and oxygen atoms in total. The van der Waals surface area contributed by atoms with Crippen LogP contribution in [0, 0.1) is 0 Å². The minimum Gasteiger partial charge on any atom is -0.453 e. The number of hydrogen-bond donors (Lipinski definition) is 1. The number of hydrogen-bond acceptors (Lipinski definition) is 12. The molecule has 8 heterocycles. The molecule has 0 bridgehead atoms. The molecule has 13 rings (SSSR count). The first-order valence-electron chi connectivity index (χ1n) is 20.5. The summed E-state index contributed by atoms with van der Waals surface area (Å²) < 4.78 is 18.4. The van der Waals surface area contributed by atoms with E-state index >= 15 is 0 Å². The van der Waals surface area contributed by atoms with Gasteiger partial charge >= 0.3 is 0 Å². The molecular formula is C51H31N9O3. The van der Waals surface area contributed by atoms with Crippen molar-refractivity contribution < 1.29 is 13.7 Å². The second-order valence-corrected chi connectivity index (χ2v) is 15.4. The lowest BCUT2D eigenvalue weighted by molar-refractivity contribution is 0.422. The van der Waals surface area contributed by atoms with Gasteiger partial charge in [-0.3, -0.25) is 4.99 Å². The Hall–Kier alpha value is -8.77. The molecule has 0 fully saturated rings. The maximum absolute atomic E-state index is 6.66. The van der Waals surface area contributed by atoms with E-state index in [0.29, 0.717) is 58.8 Å². The minimum absolute atomic E-state index is 0.473. The quantitative estimate of drug-likeness (QED) is 0.160. The first-order valence-corrected chi connectivity index (χ1v) is 20.5. The van der Waals surface area contributed by atoms with Gasteiger partial charge in [-0.2, -0.15) is 0 Å². The van der Waals surface area contributed by atoms with E-state index in [2.05, 4.69) is 67.8 Å². The Morgan fingerprint density at radius 1 is 0.587 bits per heavy atom. The highest BCUT2D eigenvalue weighted by Crippen LogP contribution is 2.56. The molecule has 2 aliphatic heterocycles. The molecule has 5 aromatic carbocycles. The smallest absolute Gasteiger partial charge is 0.226 e. The summed E-state index contributed by atoms with van der Waals surface area (Å²) in [5.41, 5.74) is 10.5. The summed E-state index contributed by atoms with van der Waals surface area (Å²) in [6, 6.07) is 42.5. The number of benzene rings is 5. The van der Waals surface area contributed by atoms with Crippen LogP contribution < -0.4 is 15.0 Å². The molecule has 0 saturated heterocycles. The highest BCUT2D eigenvalue weighted by Gasteiger charge is 2.33.